The van der Waals surface area contributed by atoms with E-state index >= 15 is 0 Å². The zero-order valence-electron chi connectivity index (χ0n) is 28.1. The summed E-state index contributed by atoms with van der Waals surface area (Å²) in [4.78, 5) is 0. The van der Waals surface area contributed by atoms with Gasteiger partial charge in [-0.2, -0.15) is 0 Å². The van der Waals surface area contributed by atoms with Gasteiger partial charge in [-0.3, -0.25) is 0 Å². The van der Waals surface area contributed by atoms with Crippen LogP contribution in [-0.2, 0) is 0 Å². The van der Waals surface area contributed by atoms with E-state index in [9.17, 15) is 0 Å². The molecule has 0 saturated carbocycles. The third-order valence-corrected chi connectivity index (χ3v) is 7.87. The standard InChI is InChI=1S/C34H75N5/c1-29(2)25-33(7)27-31(5)13-9-11-15-35-17-19-37-21-23-39-24-22-38-20-18-36-16-12-10-14-32(6)28-34(8)26-30(3)4/h29-39H,9-28H2,1-8H3. The third-order valence-electron chi connectivity index (χ3n) is 7.87. The van der Waals surface area contributed by atoms with Crippen LogP contribution in [0.2, 0.25) is 0 Å². The van der Waals surface area contributed by atoms with E-state index in [1.165, 1.54) is 64.2 Å². The van der Waals surface area contributed by atoms with Crippen molar-refractivity contribution in [3.63, 3.8) is 0 Å². The van der Waals surface area contributed by atoms with Crippen LogP contribution in [0.3, 0.4) is 0 Å². The number of unbranched alkanes of at least 4 members (excludes halogenated alkanes) is 2. The predicted octanol–water partition coefficient (Wildman–Crippen LogP) is 6.69. The van der Waals surface area contributed by atoms with Gasteiger partial charge in [0.2, 0.25) is 0 Å². The summed E-state index contributed by atoms with van der Waals surface area (Å²) in [5.74, 6) is 5.18. The molecule has 0 heterocycles. The molecule has 0 rings (SSSR count). The van der Waals surface area contributed by atoms with Crippen molar-refractivity contribution < 1.29 is 0 Å². The summed E-state index contributed by atoms with van der Waals surface area (Å²) in [6.07, 6.45) is 13.7. The molecule has 0 radical (unpaired) electrons. The summed E-state index contributed by atoms with van der Waals surface area (Å²) in [6.45, 7) is 29.9. The van der Waals surface area contributed by atoms with E-state index in [-0.39, 0.29) is 0 Å². The van der Waals surface area contributed by atoms with Gasteiger partial charge in [0.25, 0.3) is 0 Å². The first-order valence-electron chi connectivity index (χ1n) is 17.2. The predicted molar refractivity (Wildman–Crippen MR) is 177 cm³/mol. The van der Waals surface area contributed by atoms with Crippen LogP contribution in [0.15, 0.2) is 0 Å². The van der Waals surface area contributed by atoms with Crippen molar-refractivity contribution in [2.45, 2.75) is 120 Å². The molecule has 0 fully saturated rings. The second kappa shape index (κ2) is 27.9. The highest BCUT2D eigenvalue weighted by atomic mass is 15.0. The quantitative estimate of drug-likeness (QED) is 0.0642. The number of rotatable bonds is 30. The van der Waals surface area contributed by atoms with Gasteiger partial charge in [0.1, 0.15) is 0 Å². The van der Waals surface area contributed by atoms with Crippen molar-refractivity contribution >= 4 is 0 Å². The van der Waals surface area contributed by atoms with Crippen LogP contribution in [0.4, 0.5) is 0 Å². The first-order chi connectivity index (χ1) is 18.7. The van der Waals surface area contributed by atoms with Crippen LogP contribution < -0.4 is 26.6 Å². The van der Waals surface area contributed by atoms with Gasteiger partial charge in [0.15, 0.2) is 0 Å². The van der Waals surface area contributed by atoms with Crippen LogP contribution >= 0.6 is 0 Å². The SMILES string of the molecule is CC(C)CC(C)CC(C)CCCCNCCNCCNCCNCCNCCCCC(C)CC(C)CC(C)C. The average Bonchev–Trinajstić information content (AvgIpc) is 2.83. The minimum atomic E-state index is 0.836. The molecule has 0 spiro atoms. The van der Waals surface area contributed by atoms with Gasteiger partial charge >= 0.3 is 0 Å². The fourth-order valence-corrected chi connectivity index (χ4v) is 6.23. The average molecular weight is 554 g/mol. The molecule has 0 amide bonds. The van der Waals surface area contributed by atoms with Crippen molar-refractivity contribution in [2.24, 2.45) is 35.5 Å². The number of nitrogens with one attached hydrogen (secondary N) is 5. The molecule has 0 bridgehead atoms. The van der Waals surface area contributed by atoms with Crippen molar-refractivity contribution in [1.29, 1.82) is 0 Å². The van der Waals surface area contributed by atoms with Gasteiger partial charge in [0.05, 0.1) is 0 Å². The molecule has 39 heavy (non-hydrogen) atoms. The third kappa shape index (κ3) is 30.6. The summed E-state index contributed by atoms with van der Waals surface area (Å²) < 4.78 is 0. The maximum Gasteiger partial charge on any atom is 0.00772 e. The lowest BCUT2D eigenvalue weighted by atomic mass is 9.88. The maximum atomic E-state index is 3.59. The van der Waals surface area contributed by atoms with Gasteiger partial charge in [-0.15, -0.1) is 0 Å². The molecule has 5 nitrogen and oxygen atoms in total. The van der Waals surface area contributed by atoms with E-state index in [4.69, 9.17) is 0 Å². The first kappa shape index (κ1) is 38.8. The molecular weight excluding hydrogens is 478 g/mol. The van der Waals surface area contributed by atoms with Crippen LogP contribution in [0.25, 0.3) is 0 Å². The highest BCUT2D eigenvalue weighted by Gasteiger charge is 2.11. The fourth-order valence-electron chi connectivity index (χ4n) is 6.23. The van der Waals surface area contributed by atoms with E-state index in [2.05, 4.69) is 82.0 Å². The van der Waals surface area contributed by atoms with Crippen molar-refractivity contribution in [3.8, 4) is 0 Å². The van der Waals surface area contributed by atoms with Crippen molar-refractivity contribution in [1.82, 2.24) is 26.6 Å². The Morgan fingerprint density at radius 3 is 0.872 bits per heavy atom. The summed E-state index contributed by atoms with van der Waals surface area (Å²) in [5, 5.41) is 17.8. The molecule has 236 valence electrons. The molecule has 5 N–H and O–H groups in total. The first-order valence-corrected chi connectivity index (χ1v) is 17.2. The molecule has 0 aliphatic rings. The van der Waals surface area contributed by atoms with E-state index in [0.29, 0.717) is 0 Å². The molecule has 4 atom stereocenters. The number of hydrogen-bond acceptors (Lipinski definition) is 5. The fraction of sp³-hybridized carbons (Fsp3) is 1.00. The van der Waals surface area contributed by atoms with E-state index < -0.39 is 0 Å². The van der Waals surface area contributed by atoms with E-state index in [1.807, 2.05) is 0 Å². The highest BCUT2D eigenvalue weighted by Crippen LogP contribution is 2.23. The zero-order chi connectivity index (χ0) is 29.1. The number of hydrogen-bond donors (Lipinski definition) is 5. The molecule has 0 aromatic carbocycles. The van der Waals surface area contributed by atoms with Crippen LogP contribution in [0, 0.1) is 35.5 Å². The molecule has 0 aliphatic heterocycles. The Hall–Kier alpha value is -0.200. The Labute approximate surface area is 247 Å². The lowest BCUT2D eigenvalue weighted by molar-refractivity contribution is 0.337. The Kier molecular flexibility index (Phi) is 27.8. The Balaban J connectivity index is 3.24. The summed E-state index contributed by atoms with van der Waals surface area (Å²) in [7, 11) is 0. The molecule has 0 aromatic heterocycles. The van der Waals surface area contributed by atoms with Crippen molar-refractivity contribution in [2.75, 3.05) is 65.4 Å². The molecule has 5 heteroatoms. The second-order valence-corrected chi connectivity index (χ2v) is 13.9. The minimum absolute atomic E-state index is 0.836. The summed E-state index contributed by atoms with van der Waals surface area (Å²) >= 11 is 0. The molecule has 0 aromatic rings. The van der Waals surface area contributed by atoms with Crippen LogP contribution in [0.1, 0.15) is 120 Å². The van der Waals surface area contributed by atoms with Crippen molar-refractivity contribution in [3.05, 3.63) is 0 Å². The Morgan fingerprint density at radius 1 is 0.308 bits per heavy atom. The monoisotopic (exact) mass is 554 g/mol. The van der Waals surface area contributed by atoms with Gasteiger partial charge in [0, 0.05) is 52.4 Å². The van der Waals surface area contributed by atoms with Gasteiger partial charge in [-0.05, 0) is 87.1 Å². The van der Waals surface area contributed by atoms with Gasteiger partial charge < -0.3 is 26.6 Å². The van der Waals surface area contributed by atoms with Gasteiger partial charge in [-0.1, -0.05) is 81.1 Å². The van der Waals surface area contributed by atoms with E-state index in [1.54, 1.807) is 0 Å². The van der Waals surface area contributed by atoms with Gasteiger partial charge in [-0.25, -0.2) is 0 Å². The summed E-state index contributed by atoms with van der Waals surface area (Å²) in [5.41, 5.74) is 0. The highest BCUT2D eigenvalue weighted by molar-refractivity contribution is 4.64. The van der Waals surface area contributed by atoms with Crippen LogP contribution in [0.5, 0.6) is 0 Å². The molecular formula is C34H75N5. The Morgan fingerprint density at radius 2 is 0.590 bits per heavy atom. The lowest BCUT2D eigenvalue weighted by Crippen LogP contribution is -2.36. The smallest absolute Gasteiger partial charge is 0.00772 e. The van der Waals surface area contributed by atoms with E-state index in [0.717, 1.165) is 101 Å². The van der Waals surface area contributed by atoms with Crippen LogP contribution in [-0.4, -0.2) is 65.4 Å². The molecule has 4 unspecified atom stereocenters. The molecule has 0 aliphatic carbocycles. The second-order valence-electron chi connectivity index (χ2n) is 13.9. The minimum Gasteiger partial charge on any atom is -0.315 e. The largest absolute Gasteiger partial charge is 0.315 e. The lowest BCUT2D eigenvalue weighted by Gasteiger charge is -2.18. The topological polar surface area (TPSA) is 60.1 Å². The Bertz CT molecular complexity index is 442. The molecule has 0 saturated heterocycles. The maximum absolute atomic E-state index is 3.59. The summed E-state index contributed by atoms with van der Waals surface area (Å²) in [6, 6.07) is 0. The zero-order valence-corrected chi connectivity index (χ0v) is 28.1. The normalized spacial score (nSPS) is 15.2.